The molecule has 0 amide bonds. The topological polar surface area (TPSA) is 21.3 Å². The Hall–Kier alpha value is -1.85. The molecule has 0 aromatic heterocycles. The molecule has 1 aliphatic heterocycles. The van der Waals surface area contributed by atoms with E-state index in [4.69, 9.17) is 4.74 Å². The summed E-state index contributed by atoms with van der Waals surface area (Å²) in [6.45, 7) is 2.77. The molecular weight excluding hydrogens is 327 g/mol. The van der Waals surface area contributed by atoms with Crippen molar-refractivity contribution in [3.05, 3.63) is 70.8 Å². The molecule has 1 saturated heterocycles. The second kappa shape index (κ2) is 7.58. The Balaban J connectivity index is 1.72. The molecule has 0 spiro atoms. The zero-order valence-electron chi connectivity index (χ0n) is 14.1. The fraction of sp³-hybridized carbons (Fsp3) is 0.400. The Bertz CT molecular complexity index is 700. The molecule has 0 bridgehead atoms. The number of benzene rings is 2. The van der Waals surface area contributed by atoms with Crippen molar-refractivity contribution >= 4 is 0 Å². The van der Waals surface area contributed by atoms with Gasteiger partial charge in [-0.15, -0.1) is 0 Å². The van der Waals surface area contributed by atoms with E-state index < -0.39 is 11.7 Å². The first-order chi connectivity index (χ1) is 11.9. The molecule has 0 unspecified atom stereocenters. The number of hydrogen-bond donors (Lipinski definition) is 1. The van der Waals surface area contributed by atoms with Crippen LogP contribution in [0.5, 0.6) is 0 Å². The molecule has 2 aromatic rings. The van der Waals surface area contributed by atoms with Crippen molar-refractivity contribution < 1.29 is 17.9 Å². The minimum absolute atomic E-state index is 0.0500. The third kappa shape index (κ3) is 4.61. The van der Waals surface area contributed by atoms with Crippen molar-refractivity contribution in [3.63, 3.8) is 0 Å². The number of halogens is 3. The van der Waals surface area contributed by atoms with E-state index in [0.29, 0.717) is 11.1 Å². The number of rotatable bonds is 4. The zero-order valence-corrected chi connectivity index (χ0v) is 14.1. The summed E-state index contributed by atoms with van der Waals surface area (Å²) in [5.41, 5.74) is 1.68. The lowest BCUT2D eigenvalue weighted by Crippen LogP contribution is -2.39. The second-order valence-corrected chi connectivity index (χ2v) is 6.54. The summed E-state index contributed by atoms with van der Waals surface area (Å²) in [6.07, 6.45) is -2.49. The fourth-order valence-electron chi connectivity index (χ4n) is 3.34. The molecule has 0 radical (unpaired) electrons. The van der Waals surface area contributed by atoms with Gasteiger partial charge in [-0.25, -0.2) is 0 Å². The van der Waals surface area contributed by atoms with Gasteiger partial charge in [-0.1, -0.05) is 42.0 Å². The van der Waals surface area contributed by atoms with Crippen molar-refractivity contribution in [2.24, 2.45) is 0 Å². The molecule has 2 aromatic carbocycles. The highest BCUT2D eigenvalue weighted by Gasteiger charge is 2.31. The molecule has 5 heteroatoms. The van der Waals surface area contributed by atoms with Gasteiger partial charge in [0.25, 0.3) is 0 Å². The van der Waals surface area contributed by atoms with Gasteiger partial charge in [0.15, 0.2) is 0 Å². The summed E-state index contributed by atoms with van der Waals surface area (Å²) >= 11 is 0. The third-order valence-corrected chi connectivity index (χ3v) is 4.49. The SMILES string of the molecule is Cc1cc(CO[C@H]2CCCN[C@H]2c2ccccc2)cc(C(F)(F)F)c1. The molecule has 2 nitrogen and oxygen atoms in total. The number of ether oxygens (including phenoxy) is 1. The normalized spacial score (nSPS) is 21.3. The summed E-state index contributed by atoms with van der Waals surface area (Å²) in [6, 6.07) is 14.2. The van der Waals surface area contributed by atoms with Crippen LogP contribution in [0, 0.1) is 6.92 Å². The van der Waals surface area contributed by atoms with Gasteiger partial charge in [0, 0.05) is 0 Å². The standard InChI is InChI=1S/C20H22F3NO/c1-14-10-15(12-17(11-14)20(21,22)23)13-25-18-8-5-9-24-19(18)16-6-3-2-4-7-16/h2-4,6-7,10-12,18-19,24H,5,8-9,13H2,1H3/t18-,19-/m0/s1. The van der Waals surface area contributed by atoms with Crippen LogP contribution in [0.4, 0.5) is 13.2 Å². The van der Waals surface area contributed by atoms with Crippen LogP contribution in [0.2, 0.25) is 0 Å². The monoisotopic (exact) mass is 349 g/mol. The third-order valence-electron chi connectivity index (χ3n) is 4.49. The van der Waals surface area contributed by atoms with Crippen molar-refractivity contribution in [2.45, 2.75) is 44.7 Å². The van der Waals surface area contributed by atoms with E-state index in [1.807, 2.05) is 30.3 Å². The van der Waals surface area contributed by atoms with Crippen LogP contribution in [-0.2, 0) is 17.5 Å². The lowest BCUT2D eigenvalue weighted by atomic mass is 9.94. The van der Waals surface area contributed by atoms with Gasteiger partial charge < -0.3 is 10.1 Å². The van der Waals surface area contributed by atoms with E-state index in [-0.39, 0.29) is 18.8 Å². The molecule has 3 rings (SSSR count). The van der Waals surface area contributed by atoms with Crippen molar-refractivity contribution in [1.82, 2.24) is 5.32 Å². The van der Waals surface area contributed by atoms with E-state index in [2.05, 4.69) is 5.32 Å². The number of aryl methyl sites for hydroxylation is 1. The van der Waals surface area contributed by atoms with E-state index in [0.717, 1.165) is 24.9 Å². The van der Waals surface area contributed by atoms with E-state index >= 15 is 0 Å². The summed E-state index contributed by atoms with van der Waals surface area (Å²) < 4.78 is 45.0. The highest BCUT2D eigenvalue weighted by atomic mass is 19.4. The van der Waals surface area contributed by atoms with Gasteiger partial charge in [0.05, 0.1) is 24.3 Å². The van der Waals surface area contributed by atoms with Crippen molar-refractivity contribution in [2.75, 3.05) is 6.54 Å². The van der Waals surface area contributed by atoms with E-state index in [9.17, 15) is 13.2 Å². The van der Waals surface area contributed by atoms with E-state index in [1.165, 1.54) is 12.1 Å². The minimum Gasteiger partial charge on any atom is -0.372 e. The van der Waals surface area contributed by atoms with E-state index in [1.54, 1.807) is 13.0 Å². The summed E-state index contributed by atoms with van der Waals surface area (Å²) in [5.74, 6) is 0. The van der Waals surface area contributed by atoms with Crippen molar-refractivity contribution in [3.8, 4) is 0 Å². The highest BCUT2D eigenvalue weighted by molar-refractivity contribution is 5.31. The smallest absolute Gasteiger partial charge is 0.372 e. The van der Waals surface area contributed by atoms with Crippen LogP contribution >= 0.6 is 0 Å². The maximum Gasteiger partial charge on any atom is 0.416 e. The predicted molar refractivity (Wildman–Crippen MR) is 91.2 cm³/mol. The predicted octanol–water partition coefficient (Wildman–Crippen LogP) is 5.02. The van der Waals surface area contributed by atoms with Crippen LogP contribution in [-0.4, -0.2) is 12.6 Å². The van der Waals surface area contributed by atoms with Crippen LogP contribution in [0.1, 0.15) is 41.1 Å². The first-order valence-corrected chi connectivity index (χ1v) is 8.51. The lowest BCUT2D eigenvalue weighted by molar-refractivity contribution is -0.137. The fourth-order valence-corrected chi connectivity index (χ4v) is 3.34. The average Bonchev–Trinajstić information content (AvgIpc) is 2.60. The van der Waals surface area contributed by atoms with Crippen LogP contribution in [0.15, 0.2) is 48.5 Å². The minimum atomic E-state index is -4.33. The molecule has 0 aliphatic carbocycles. The second-order valence-electron chi connectivity index (χ2n) is 6.54. The van der Waals surface area contributed by atoms with Gasteiger partial charge >= 0.3 is 6.18 Å². The largest absolute Gasteiger partial charge is 0.416 e. The molecule has 25 heavy (non-hydrogen) atoms. The van der Waals surface area contributed by atoms with Crippen molar-refractivity contribution in [1.29, 1.82) is 0 Å². The van der Waals surface area contributed by atoms with Gasteiger partial charge in [0.2, 0.25) is 0 Å². The van der Waals surface area contributed by atoms with Crippen LogP contribution in [0.25, 0.3) is 0 Å². The number of alkyl halides is 3. The maximum absolute atomic E-state index is 13.0. The summed E-state index contributed by atoms with van der Waals surface area (Å²) in [5, 5.41) is 3.46. The van der Waals surface area contributed by atoms with Gasteiger partial charge in [-0.05, 0) is 49.6 Å². The number of nitrogens with one attached hydrogen (secondary N) is 1. The number of piperidine rings is 1. The highest BCUT2D eigenvalue weighted by Crippen LogP contribution is 2.31. The Labute approximate surface area is 146 Å². The first kappa shape index (κ1) is 18.0. The Morgan fingerprint density at radius 3 is 2.60 bits per heavy atom. The molecular formula is C20H22F3NO. The lowest BCUT2D eigenvalue weighted by Gasteiger charge is -2.33. The summed E-state index contributed by atoms with van der Waals surface area (Å²) in [4.78, 5) is 0. The molecule has 1 aliphatic rings. The molecule has 1 N–H and O–H groups in total. The maximum atomic E-state index is 13.0. The summed E-state index contributed by atoms with van der Waals surface area (Å²) in [7, 11) is 0. The van der Waals surface area contributed by atoms with Crippen LogP contribution < -0.4 is 5.32 Å². The van der Waals surface area contributed by atoms with Crippen LogP contribution in [0.3, 0.4) is 0 Å². The quantitative estimate of drug-likeness (QED) is 0.836. The van der Waals surface area contributed by atoms with Gasteiger partial charge in [-0.3, -0.25) is 0 Å². The number of hydrogen-bond acceptors (Lipinski definition) is 2. The van der Waals surface area contributed by atoms with Gasteiger partial charge in [0.1, 0.15) is 0 Å². The molecule has 134 valence electrons. The Morgan fingerprint density at radius 1 is 1.12 bits per heavy atom. The Kier molecular flexibility index (Phi) is 5.45. The zero-order chi connectivity index (χ0) is 17.9. The molecule has 1 heterocycles. The average molecular weight is 349 g/mol. The molecule has 2 atom stereocenters. The molecule has 0 saturated carbocycles. The Morgan fingerprint density at radius 2 is 1.88 bits per heavy atom. The first-order valence-electron chi connectivity index (χ1n) is 8.51. The molecule has 1 fully saturated rings. The van der Waals surface area contributed by atoms with Gasteiger partial charge in [-0.2, -0.15) is 13.2 Å².